The van der Waals surface area contributed by atoms with Crippen LogP contribution in [-0.2, 0) is 14.6 Å². The molecule has 6 nitrogen and oxygen atoms in total. The number of benzene rings is 1. The van der Waals surface area contributed by atoms with Gasteiger partial charge in [0.1, 0.15) is 0 Å². The van der Waals surface area contributed by atoms with Crippen LogP contribution in [0.1, 0.15) is 19.4 Å². The van der Waals surface area contributed by atoms with E-state index in [-0.39, 0.29) is 29.2 Å². The van der Waals surface area contributed by atoms with Crippen LogP contribution in [0.4, 0.5) is 0 Å². The Morgan fingerprint density at radius 1 is 1.47 bits per heavy atom. The van der Waals surface area contributed by atoms with Crippen molar-refractivity contribution in [3.8, 4) is 0 Å². The van der Waals surface area contributed by atoms with Crippen molar-refractivity contribution in [3.63, 3.8) is 0 Å². The summed E-state index contributed by atoms with van der Waals surface area (Å²) in [7, 11) is -3.44. The lowest BCUT2D eigenvalue weighted by atomic mass is 10.2. The molecule has 0 heterocycles. The lowest BCUT2D eigenvalue weighted by Crippen LogP contribution is -2.17. The molecule has 0 amide bonds. The maximum atomic E-state index is 12.1. The largest absolute Gasteiger partial charge is 0.409 e. The lowest BCUT2D eigenvalue weighted by Gasteiger charge is -2.09. The molecule has 0 radical (unpaired) electrons. The number of rotatable bonds is 6. The minimum atomic E-state index is -3.44. The van der Waals surface area contributed by atoms with Crippen molar-refractivity contribution < 1.29 is 18.4 Å². The molecule has 1 aromatic rings. The number of nitrogens with two attached hydrogens (primary N) is 1. The smallest absolute Gasteiger partial charge is 0.180 e. The number of hydrogen-bond donors (Lipinski definition) is 2. The summed E-state index contributed by atoms with van der Waals surface area (Å²) in [6, 6.07) is 5.96. The van der Waals surface area contributed by atoms with Gasteiger partial charge in [-0.05, 0) is 26.0 Å². The van der Waals surface area contributed by atoms with Gasteiger partial charge in [0.15, 0.2) is 15.7 Å². The third-order valence-corrected chi connectivity index (χ3v) is 4.08. The summed E-state index contributed by atoms with van der Waals surface area (Å²) >= 11 is 0. The average Bonchev–Trinajstić information content (AvgIpc) is 2.37. The normalized spacial score (nSPS) is 12.9. The molecule has 0 saturated heterocycles. The first-order valence-electron chi connectivity index (χ1n) is 5.79. The van der Waals surface area contributed by atoms with Crippen LogP contribution in [0.2, 0.25) is 0 Å². The molecule has 1 rings (SSSR count). The van der Waals surface area contributed by atoms with Crippen LogP contribution in [-0.4, -0.2) is 37.9 Å². The van der Waals surface area contributed by atoms with Gasteiger partial charge in [-0.15, -0.1) is 0 Å². The highest BCUT2D eigenvalue weighted by atomic mass is 32.2. The number of oxime groups is 1. The van der Waals surface area contributed by atoms with Crippen LogP contribution < -0.4 is 5.73 Å². The Morgan fingerprint density at radius 2 is 2.16 bits per heavy atom. The molecule has 0 aliphatic carbocycles. The maximum absolute atomic E-state index is 12.1. The fourth-order valence-corrected chi connectivity index (χ4v) is 2.56. The Kier molecular flexibility index (Phi) is 5.31. The predicted molar refractivity (Wildman–Crippen MR) is 72.1 cm³/mol. The SMILES string of the molecule is CC(C)OCCS(=O)(=O)c1cccc(/C(N)=N/O)c1. The zero-order valence-electron chi connectivity index (χ0n) is 10.9. The van der Waals surface area contributed by atoms with E-state index in [9.17, 15) is 8.42 Å². The molecule has 0 unspecified atom stereocenters. The van der Waals surface area contributed by atoms with Gasteiger partial charge < -0.3 is 15.7 Å². The molecule has 3 N–H and O–H groups in total. The highest BCUT2D eigenvalue weighted by Crippen LogP contribution is 2.13. The monoisotopic (exact) mass is 286 g/mol. The van der Waals surface area contributed by atoms with E-state index < -0.39 is 9.84 Å². The highest BCUT2D eigenvalue weighted by Gasteiger charge is 2.15. The van der Waals surface area contributed by atoms with Crippen LogP contribution in [0.5, 0.6) is 0 Å². The van der Waals surface area contributed by atoms with Gasteiger partial charge >= 0.3 is 0 Å². The molecule has 0 aliphatic rings. The number of hydrogen-bond acceptors (Lipinski definition) is 5. The molecule has 0 aliphatic heterocycles. The minimum Gasteiger partial charge on any atom is -0.409 e. The number of nitrogens with zero attached hydrogens (tertiary/aromatic N) is 1. The molecule has 0 spiro atoms. The third-order valence-electron chi connectivity index (χ3n) is 2.40. The molecule has 106 valence electrons. The molecule has 0 bridgehead atoms. The maximum Gasteiger partial charge on any atom is 0.180 e. The highest BCUT2D eigenvalue weighted by molar-refractivity contribution is 7.91. The fourth-order valence-electron chi connectivity index (χ4n) is 1.42. The first-order valence-corrected chi connectivity index (χ1v) is 7.44. The van der Waals surface area contributed by atoms with Gasteiger partial charge in [0.05, 0.1) is 23.4 Å². The lowest BCUT2D eigenvalue weighted by molar-refractivity contribution is 0.0912. The van der Waals surface area contributed by atoms with Gasteiger partial charge in [0.2, 0.25) is 0 Å². The van der Waals surface area contributed by atoms with E-state index in [4.69, 9.17) is 15.7 Å². The van der Waals surface area contributed by atoms with Crippen LogP contribution in [0.25, 0.3) is 0 Å². The van der Waals surface area contributed by atoms with Crippen molar-refractivity contribution in [1.29, 1.82) is 0 Å². The summed E-state index contributed by atoms with van der Waals surface area (Å²) in [5.74, 6) is -0.236. The molecule has 7 heteroatoms. The first kappa shape index (κ1) is 15.5. The molecule has 1 aromatic carbocycles. The summed E-state index contributed by atoms with van der Waals surface area (Å²) in [6.45, 7) is 3.81. The minimum absolute atomic E-state index is 0.0151. The van der Waals surface area contributed by atoms with E-state index >= 15 is 0 Å². The summed E-state index contributed by atoms with van der Waals surface area (Å²) in [5.41, 5.74) is 5.78. The Balaban J connectivity index is 2.90. The van der Waals surface area contributed by atoms with E-state index in [2.05, 4.69) is 5.16 Å². The number of sulfone groups is 1. The van der Waals surface area contributed by atoms with Crippen molar-refractivity contribution >= 4 is 15.7 Å². The van der Waals surface area contributed by atoms with Gasteiger partial charge in [-0.1, -0.05) is 17.3 Å². The van der Waals surface area contributed by atoms with Gasteiger partial charge in [-0.3, -0.25) is 0 Å². The van der Waals surface area contributed by atoms with Gasteiger partial charge in [-0.25, -0.2) is 8.42 Å². The summed E-state index contributed by atoms with van der Waals surface area (Å²) in [6.07, 6.45) is -0.0151. The van der Waals surface area contributed by atoms with Crippen LogP contribution >= 0.6 is 0 Å². The second-order valence-electron chi connectivity index (χ2n) is 4.25. The van der Waals surface area contributed by atoms with Gasteiger partial charge in [0, 0.05) is 5.56 Å². The molecule has 0 aromatic heterocycles. The Bertz CT molecular complexity index is 553. The van der Waals surface area contributed by atoms with E-state index in [0.29, 0.717) is 5.56 Å². The zero-order valence-corrected chi connectivity index (χ0v) is 11.7. The third kappa shape index (κ3) is 4.53. The number of amidine groups is 1. The van der Waals surface area contributed by atoms with Crippen LogP contribution in [0, 0.1) is 0 Å². The second-order valence-corrected chi connectivity index (χ2v) is 6.36. The molecule has 0 saturated carbocycles. The van der Waals surface area contributed by atoms with E-state index in [1.54, 1.807) is 12.1 Å². The second kappa shape index (κ2) is 6.53. The predicted octanol–water partition coefficient (Wildman–Crippen LogP) is 0.980. The van der Waals surface area contributed by atoms with Crippen molar-refractivity contribution in [1.82, 2.24) is 0 Å². The topological polar surface area (TPSA) is 102 Å². The summed E-state index contributed by atoms with van der Waals surface area (Å²) in [4.78, 5) is 0.129. The standard InChI is InChI=1S/C12H18N2O4S/c1-9(2)18-6-7-19(16,17)11-5-3-4-10(8-11)12(13)14-15/h3-5,8-9,15H,6-7H2,1-2H3,(H2,13,14). The molecular formula is C12H18N2O4S. The quantitative estimate of drug-likeness (QED) is 0.351. The van der Waals surface area contributed by atoms with Crippen molar-refractivity contribution in [3.05, 3.63) is 29.8 Å². The first-order chi connectivity index (χ1) is 8.86. The summed E-state index contributed by atoms with van der Waals surface area (Å²) in [5, 5.41) is 11.4. The van der Waals surface area contributed by atoms with Crippen molar-refractivity contribution in [2.75, 3.05) is 12.4 Å². The fraction of sp³-hybridized carbons (Fsp3) is 0.417. The van der Waals surface area contributed by atoms with Gasteiger partial charge in [0.25, 0.3) is 0 Å². The van der Waals surface area contributed by atoms with Crippen LogP contribution in [0.3, 0.4) is 0 Å². The van der Waals surface area contributed by atoms with E-state index in [1.165, 1.54) is 12.1 Å². The molecule has 0 fully saturated rings. The summed E-state index contributed by atoms with van der Waals surface area (Å²) < 4.78 is 29.3. The Labute approximate surface area is 112 Å². The van der Waals surface area contributed by atoms with E-state index in [0.717, 1.165) is 0 Å². The van der Waals surface area contributed by atoms with Gasteiger partial charge in [-0.2, -0.15) is 0 Å². The zero-order chi connectivity index (χ0) is 14.5. The van der Waals surface area contributed by atoms with E-state index in [1.807, 2.05) is 13.8 Å². The van der Waals surface area contributed by atoms with Crippen LogP contribution in [0.15, 0.2) is 34.3 Å². The number of ether oxygens (including phenoxy) is 1. The van der Waals surface area contributed by atoms with Crippen molar-refractivity contribution in [2.24, 2.45) is 10.9 Å². The Hall–Kier alpha value is -1.60. The molecule has 0 atom stereocenters. The van der Waals surface area contributed by atoms with Crippen molar-refractivity contribution in [2.45, 2.75) is 24.8 Å². The molecular weight excluding hydrogens is 268 g/mol. The molecule has 19 heavy (non-hydrogen) atoms. The average molecular weight is 286 g/mol. The Morgan fingerprint density at radius 3 is 2.74 bits per heavy atom.